The normalized spacial score (nSPS) is 11.9. The molecule has 8 heteroatoms. The van der Waals surface area contributed by atoms with Crippen molar-refractivity contribution in [3.63, 3.8) is 0 Å². The van der Waals surface area contributed by atoms with Gasteiger partial charge in [-0.15, -0.1) is 13.2 Å². The lowest BCUT2D eigenvalue weighted by Gasteiger charge is -2.08. The fourth-order valence-corrected chi connectivity index (χ4v) is 2.28. The molecule has 0 aliphatic heterocycles. The molecular weight excluding hydrogens is 340 g/mol. The quantitative estimate of drug-likeness (QED) is 0.671. The second kappa shape index (κ2) is 5.37. The Labute approximate surface area is 132 Å². The summed E-state index contributed by atoms with van der Waals surface area (Å²) >= 11 is 11.8. The van der Waals surface area contributed by atoms with Gasteiger partial charge in [0.25, 0.3) is 0 Å². The van der Waals surface area contributed by atoms with E-state index in [1.165, 1.54) is 24.3 Å². The highest BCUT2D eigenvalue weighted by Gasteiger charge is 2.31. The van der Waals surface area contributed by atoms with Crippen molar-refractivity contribution in [3.05, 3.63) is 46.4 Å². The van der Waals surface area contributed by atoms with E-state index in [0.29, 0.717) is 32.5 Å². The lowest BCUT2D eigenvalue weighted by Crippen LogP contribution is -2.16. The molecule has 3 rings (SSSR count). The summed E-state index contributed by atoms with van der Waals surface area (Å²) in [7, 11) is 0. The van der Waals surface area contributed by atoms with Crippen LogP contribution in [-0.2, 0) is 0 Å². The van der Waals surface area contributed by atoms with Gasteiger partial charge < -0.3 is 9.72 Å². The Morgan fingerprint density at radius 2 is 1.64 bits per heavy atom. The van der Waals surface area contributed by atoms with Crippen molar-refractivity contribution in [2.45, 2.75) is 6.36 Å². The molecule has 0 aliphatic carbocycles. The molecule has 0 atom stereocenters. The maximum Gasteiger partial charge on any atom is 0.573 e. The number of ether oxygens (including phenoxy) is 1. The number of H-pyrrole nitrogens is 1. The summed E-state index contributed by atoms with van der Waals surface area (Å²) in [5.74, 6) is 0.199. The van der Waals surface area contributed by atoms with Crippen LogP contribution >= 0.6 is 23.2 Å². The predicted molar refractivity (Wildman–Crippen MR) is 78.2 cm³/mol. The monoisotopic (exact) mass is 346 g/mol. The molecule has 0 amide bonds. The van der Waals surface area contributed by atoms with Crippen LogP contribution < -0.4 is 4.74 Å². The van der Waals surface area contributed by atoms with Crippen LogP contribution in [0.25, 0.3) is 22.4 Å². The van der Waals surface area contributed by atoms with E-state index < -0.39 is 6.36 Å². The van der Waals surface area contributed by atoms with Gasteiger partial charge in [0.05, 0.1) is 21.1 Å². The SMILES string of the molecule is FC(F)(F)Oc1ccc(-c2nc3cc(Cl)c(Cl)cc3[nH]2)cc1. The highest BCUT2D eigenvalue weighted by atomic mass is 35.5. The van der Waals surface area contributed by atoms with E-state index in [-0.39, 0.29) is 5.75 Å². The summed E-state index contributed by atoms with van der Waals surface area (Å²) in [4.78, 5) is 7.36. The first-order chi connectivity index (χ1) is 10.3. The third kappa shape index (κ3) is 3.13. The zero-order valence-electron chi connectivity index (χ0n) is 10.7. The maximum absolute atomic E-state index is 12.1. The topological polar surface area (TPSA) is 37.9 Å². The molecule has 0 saturated carbocycles. The van der Waals surface area contributed by atoms with Gasteiger partial charge in [0.1, 0.15) is 11.6 Å². The van der Waals surface area contributed by atoms with Gasteiger partial charge in [0.15, 0.2) is 0 Å². The van der Waals surface area contributed by atoms with Gasteiger partial charge in [-0.3, -0.25) is 0 Å². The lowest BCUT2D eigenvalue weighted by molar-refractivity contribution is -0.274. The Hall–Kier alpha value is -1.92. The Kier molecular flexibility index (Phi) is 3.66. The van der Waals surface area contributed by atoms with E-state index >= 15 is 0 Å². The molecule has 1 N–H and O–H groups in total. The summed E-state index contributed by atoms with van der Waals surface area (Å²) in [6.07, 6.45) is -4.71. The minimum absolute atomic E-state index is 0.293. The molecule has 22 heavy (non-hydrogen) atoms. The van der Waals surface area contributed by atoms with E-state index in [1.807, 2.05) is 0 Å². The molecule has 0 radical (unpaired) electrons. The van der Waals surface area contributed by atoms with Gasteiger partial charge in [-0.25, -0.2) is 4.98 Å². The molecule has 3 nitrogen and oxygen atoms in total. The maximum atomic E-state index is 12.1. The van der Waals surface area contributed by atoms with Gasteiger partial charge in [0, 0.05) is 5.56 Å². The zero-order chi connectivity index (χ0) is 15.9. The van der Waals surface area contributed by atoms with Crippen LogP contribution in [0.4, 0.5) is 13.2 Å². The van der Waals surface area contributed by atoms with Crippen LogP contribution in [0.5, 0.6) is 5.75 Å². The fraction of sp³-hybridized carbons (Fsp3) is 0.0714. The number of fused-ring (bicyclic) bond motifs is 1. The standard InChI is InChI=1S/C14H7Cl2F3N2O/c15-9-5-11-12(6-10(9)16)21-13(20-11)7-1-3-8(4-2-7)22-14(17,18)19/h1-6H,(H,20,21). The van der Waals surface area contributed by atoms with Crippen LogP contribution in [0.2, 0.25) is 10.0 Å². The number of aromatic amines is 1. The first-order valence-corrected chi connectivity index (χ1v) is 6.78. The Morgan fingerprint density at radius 1 is 1.00 bits per heavy atom. The average Bonchev–Trinajstić information content (AvgIpc) is 2.81. The van der Waals surface area contributed by atoms with Crippen molar-refractivity contribution in [2.24, 2.45) is 0 Å². The summed E-state index contributed by atoms with van der Waals surface area (Å²) in [5, 5.41) is 0.763. The van der Waals surface area contributed by atoms with Crippen LogP contribution in [-0.4, -0.2) is 16.3 Å². The number of imidazole rings is 1. The van der Waals surface area contributed by atoms with Gasteiger partial charge in [-0.1, -0.05) is 23.2 Å². The number of halogens is 5. The largest absolute Gasteiger partial charge is 0.573 e. The van der Waals surface area contributed by atoms with E-state index in [1.54, 1.807) is 12.1 Å². The van der Waals surface area contributed by atoms with Gasteiger partial charge >= 0.3 is 6.36 Å². The molecule has 1 aromatic heterocycles. The Balaban J connectivity index is 1.94. The van der Waals surface area contributed by atoms with Crippen molar-refractivity contribution in [3.8, 4) is 17.1 Å². The van der Waals surface area contributed by atoms with Crippen molar-refractivity contribution in [2.75, 3.05) is 0 Å². The van der Waals surface area contributed by atoms with E-state index in [9.17, 15) is 13.2 Å². The minimum atomic E-state index is -4.71. The second-order valence-corrected chi connectivity index (χ2v) is 5.26. The summed E-state index contributed by atoms with van der Waals surface area (Å²) in [6, 6.07) is 8.63. The first-order valence-electron chi connectivity index (χ1n) is 6.03. The predicted octanol–water partition coefficient (Wildman–Crippen LogP) is 5.44. The molecule has 0 fully saturated rings. The van der Waals surface area contributed by atoms with Gasteiger partial charge in [-0.2, -0.15) is 0 Å². The average molecular weight is 347 g/mol. The molecule has 2 aromatic carbocycles. The summed E-state index contributed by atoms with van der Waals surface area (Å²) < 4.78 is 40.2. The molecule has 114 valence electrons. The van der Waals surface area contributed by atoms with Crippen LogP contribution in [0.1, 0.15) is 0 Å². The van der Waals surface area contributed by atoms with Gasteiger partial charge in [0.2, 0.25) is 0 Å². The van der Waals surface area contributed by atoms with Crippen LogP contribution in [0.3, 0.4) is 0 Å². The smallest absolute Gasteiger partial charge is 0.406 e. The number of aromatic nitrogens is 2. The first kappa shape index (κ1) is 15.0. The Morgan fingerprint density at radius 3 is 2.27 bits per heavy atom. The zero-order valence-corrected chi connectivity index (χ0v) is 12.2. The Bertz CT molecular complexity index is 789. The number of alkyl halides is 3. The molecular formula is C14H7Cl2F3N2O. The van der Waals surface area contributed by atoms with Gasteiger partial charge in [-0.05, 0) is 36.4 Å². The molecule has 0 aliphatic rings. The number of rotatable bonds is 2. The molecule has 0 spiro atoms. The van der Waals surface area contributed by atoms with Crippen molar-refractivity contribution >= 4 is 34.2 Å². The van der Waals surface area contributed by atoms with Crippen molar-refractivity contribution < 1.29 is 17.9 Å². The van der Waals surface area contributed by atoms with Crippen LogP contribution in [0.15, 0.2) is 36.4 Å². The minimum Gasteiger partial charge on any atom is -0.406 e. The second-order valence-electron chi connectivity index (χ2n) is 4.44. The number of hydrogen-bond acceptors (Lipinski definition) is 2. The summed E-state index contributed by atoms with van der Waals surface area (Å²) in [6.45, 7) is 0. The molecule has 0 saturated heterocycles. The highest BCUT2D eigenvalue weighted by molar-refractivity contribution is 6.42. The van der Waals surface area contributed by atoms with Crippen LogP contribution in [0, 0.1) is 0 Å². The third-order valence-electron chi connectivity index (χ3n) is 2.89. The summed E-state index contributed by atoms with van der Waals surface area (Å²) in [5.41, 5.74) is 1.90. The van der Waals surface area contributed by atoms with Crippen molar-refractivity contribution in [1.29, 1.82) is 0 Å². The number of benzene rings is 2. The van der Waals surface area contributed by atoms with E-state index in [0.717, 1.165) is 0 Å². The highest BCUT2D eigenvalue weighted by Crippen LogP contribution is 2.30. The third-order valence-corrected chi connectivity index (χ3v) is 3.61. The van der Waals surface area contributed by atoms with E-state index in [2.05, 4.69) is 14.7 Å². The molecule has 1 heterocycles. The number of hydrogen-bond donors (Lipinski definition) is 1. The number of nitrogens with zero attached hydrogens (tertiary/aromatic N) is 1. The molecule has 0 unspecified atom stereocenters. The van der Waals surface area contributed by atoms with E-state index in [4.69, 9.17) is 23.2 Å². The fourth-order valence-electron chi connectivity index (χ4n) is 1.96. The number of nitrogens with one attached hydrogen (secondary N) is 1. The molecule has 0 bridgehead atoms. The van der Waals surface area contributed by atoms with Crippen molar-refractivity contribution in [1.82, 2.24) is 9.97 Å². The lowest BCUT2D eigenvalue weighted by atomic mass is 10.2. The molecule has 3 aromatic rings.